The fourth-order valence-corrected chi connectivity index (χ4v) is 1.97. The number of carbonyl (C=O) groups is 1. The standard InChI is InChI=1S/C12H16FNO2S2/c1-8(18(2)16)5-6-14-12(15)9-3-4-10(13)11(17)7-9/h3-4,7-8,17H,5-6H2,1-2H3,(H,14,15). The molecule has 1 aromatic carbocycles. The summed E-state index contributed by atoms with van der Waals surface area (Å²) in [6.45, 7) is 2.31. The molecule has 0 aliphatic carbocycles. The minimum absolute atomic E-state index is 0.0407. The van der Waals surface area contributed by atoms with Gasteiger partial charge in [0.1, 0.15) is 5.82 Å². The number of carbonyl (C=O) groups excluding carboxylic acids is 1. The first kappa shape index (κ1) is 15.2. The number of halogens is 1. The normalized spacial score (nSPS) is 14.0. The van der Waals surface area contributed by atoms with Gasteiger partial charge < -0.3 is 5.32 Å². The predicted octanol–water partition coefficient (Wildman–Crippen LogP) is 2.00. The van der Waals surface area contributed by atoms with Crippen LogP contribution >= 0.6 is 12.6 Å². The van der Waals surface area contributed by atoms with E-state index in [0.717, 1.165) is 0 Å². The zero-order chi connectivity index (χ0) is 13.7. The third-order valence-electron chi connectivity index (χ3n) is 2.61. The third kappa shape index (κ3) is 4.42. The van der Waals surface area contributed by atoms with Crippen molar-refractivity contribution in [3.63, 3.8) is 0 Å². The van der Waals surface area contributed by atoms with Gasteiger partial charge >= 0.3 is 0 Å². The molecule has 0 aliphatic heterocycles. The minimum Gasteiger partial charge on any atom is -0.352 e. The van der Waals surface area contributed by atoms with Crippen molar-refractivity contribution in [3.05, 3.63) is 29.6 Å². The topological polar surface area (TPSA) is 46.2 Å². The first-order valence-electron chi connectivity index (χ1n) is 5.50. The molecule has 0 saturated heterocycles. The highest BCUT2D eigenvalue weighted by Crippen LogP contribution is 2.14. The van der Waals surface area contributed by atoms with Crippen LogP contribution in [0.25, 0.3) is 0 Å². The highest BCUT2D eigenvalue weighted by molar-refractivity contribution is 7.84. The Hall–Kier alpha value is -0.880. The molecule has 0 bridgehead atoms. The molecule has 1 amide bonds. The molecule has 6 heteroatoms. The molecule has 1 N–H and O–H groups in total. The van der Waals surface area contributed by atoms with Crippen LogP contribution in [0.2, 0.25) is 0 Å². The fraction of sp³-hybridized carbons (Fsp3) is 0.417. The number of nitrogens with one attached hydrogen (secondary N) is 1. The molecule has 2 atom stereocenters. The SMILES string of the molecule is CC(CCNC(=O)c1ccc(F)c(S)c1)S(C)=O. The van der Waals surface area contributed by atoms with Crippen LogP contribution in [-0.2, 0) is 10.8 Å². The molecule has 0 fully saturated rings. The molecule has 18 heavy (non-hydrogen) atoms. The van der Waals surface area contributed by atoms with Crippen LogP contribution in [-0.4, -0.2) is 28.2 Å². The van der Waals surface area contributed by atoms with Gasteiger partial charge in [-0.3, -0.25) is 9.00 Å². The lowest BCUT2D eigenvalue weighted by Gasteiger charge is -2.09. The number of benzene rings is 1. The summed E-state index contributed by atoms with van der Waals surface area (Å²) in [4.78, 5) is 11.9. The molecule has 3 nitrogen and oxygen atoms in total. The van der Waals surface area contributed by atoms with E-state index in [1.807, 2.05) is 6.92 Å². The van der Waals surface area contributed by atoms with Crippen molar-refractivity contribution in [2.24, 2.45) is 0 Å². The van der Waals surface area contributed by atoms with Gasteiger partial charge in [0, 0.05) is 39.3 Å². The number of rotatable bonds is 5. The Balaban J connectivity index is 2.50. The lowest BCUT2D eigenvalue weighted by molar-refractivity contribution is 0.0953. The highest BCUT2D eigenvalue weighted by Gasteiger charge is 2.10. The molecular formula is C12H16FNO2S2. The number of thiol groups is 1. The third-order valence-corrected chi connectivity index (χ3v) is 4.32. The molecule has 0 aromatic heterocycles. The Morgan fingerprint density at radius 1 is 1.56 bits per heavy atom. The first-order valence-corrected chi connectivity index (χ1v) is 7.57. The highest BCUT2D eigenvalue weighted by atomic mass is 32.2. The monoisotopic (exact) mass is 289 g/mol. The maximum atomic E-state index is 13.0. The maximum Gasteiger partial charge on any atom is 0.251 e. The van der Waals surface area contributed by atoms with Crippen molar-refractivity contribution < 1.29 is 13.4 Å². The van der Waals surface area contributed by atoms with E-state index in [1.165, 1.54) is 18.2 Å². The van der Waals surface area contributed by atoms with Gasteiger partial charge in [0.15, 0.2) is 0 Å². The summed E-state index contributed by atoms with van der Waals surface area (Å²) >= 11 is 3.92. The van der Waals surface area contributed by atoms with Crippen molar-refractivity contribution in [2.45, 2.75) is 23.5 Å². The summed E-state index contributed by atoms with van der Waals surface area (Å²) in [5.74, 6) is -0.732. The summed E-state index contributed by atoms with van der Waals surface area (Å²) in [7, 11) is -0.889. The van der Waals surface area contributed by atoms with Crippen molar-refractivity contribution in [1.82, 2.24) is 5.32 Å². The predicted molar refractivity (Wildman–Crippen MR) is 74.1 cm³/mol. The van der Waals surface area contributed by atoms with E-state index in [-0.39, 0.29) is 16.1 Å². The van der Waals surface area contributed by atoms with Gasteiger partial charge in [0.05, 0.1) is 0 Å². The summed E-state index contributed by atoms with van der Waals surface area (Å²) in [5, 5.41) is 2.74. The van der Waals surface area contributed by atoms with Crippen LogP contribution in [0.1, 0.15) is 23.7 Å². The van der Waals surface area contributed by atoms with Crippen LogP contribution in [0.4, 0.5) is 4.39 Å². The summed E-state index contributed by atoms with van der Waals surface area (Å²) in [6, 6.07) is 4.00. The van der Waals surface area contributed by atoms with Gasteiger partial charge in [-0.15, -0.1) is 12.6 Å². The zero-order valence-corrected chi connectivity index (χ0v) is 12.0. The second-order valence-electron chi connectivity index (χ2n) is 4.02. The van der Waals surface area contributed by atoms with Crippen LogP contribution in [0.5, 0.6) is 0 Å². The molecular weight excluding hydrogens is 273 g/mol. The van der Waals surface area contributed by atoms with Gasteiger partial charge in [-0.25, -0.2) is 4.39 Å². The second-order valence-corrected chi connectivity index (χ2v) is 6.30. The summed E-state index contributed by atoms with van der Waals surface area (Å²) in [5.41, 5.74) is 0.367. The number of hydrogen-bond donors (Lipinski definition) is 2. The Kier molecular flexibility index (Phi) is 5.81. The molecule has 1 aromatic rings. The Morgan fingerprint density at radius 3 is 2.78 bits per heavy atom. The maximum absolute atomic E-state index is 13.0. The lowest BCUT2D eigenvalue weighted by atomic mass is 10.2. The van der Waals surface area contributed by atoms with Crippen LogP contribution < -0.4 is 5.32 Å². The summed E-state index contributed by atoms with van der Waals surface area (Å²) < 4.78 is 24.1. The minimum atomic E-state index is -0.889. The lowest BCUT2D eigenvalue weighted by Crippen LogP contribution is -2.27. The zero-order valence-electron chi connectivity index (χ0n) is 10.3. The van der Waals surface area contributed by atoms with E-state index in [2.05, 4.69) is 17.9 Å². The first-order chi connectivity index (χ1) is 8.41. The number of hydrogen-bond acceptors (Lipinski definition) is 3. The van der Waals surface area contributed by atoms with E-state index in [9.17, 15) is 13.4 Å². The van der Waals surface area contributed by atoms with E-state index < -0.39 is 16.6 Å². The smallest absolute Gasteiger partial charge is 0.251 e. The molecule has 0 aliphatic rings. The van der Waals surface area contributed by atoms with Gasteiger partial charge in [-0.05, 0) is 24.6 Å². The van der Waals surface area contributed by atoms with Gasteiger partial charge in [0.2, 0.25) is 0 Å². The Morgan fingerprint density at radius 2 is 2.22 bits per heavy atom. The van der Waals surface area contributed by atoms with Gasteiger partial charge in [0.25, 0.3) is 5.91 Å². The molecule has 0 radical (unpaired) electrons. The molecule has 1 rings (SSSR count). The van der Waals surface area contributed by atoms with E-state index in [0.29, 0.717) is 18.5 Å². The molecule has 0 heterocycles. The molecule has 2 unspecified atom stereocenters. The van der Waals surface area contributed by atoms with Crippen molar-refractivity contribution >= 4 is 29.3 Å². The van der Waals surface area contributed by atoms with Gasteiger partial charge in [-0.1, -0.05) is 6.92 Å². The van der Waals surface area contributed by atoms with Crippen LogP contribution in [0.3, 0.4) is 0 Å². The van der Waals surface area contributed by atoms with Crippen LogP contribution in [0.15, 0.2) is 23.1 Å². The fourth-order valence-electron chi connectivity index (χ4n) is 1.31. The second kappa shape index (κ2) is 6.89. The van der Waals surface area contributed by atoms with Crippen molar-refractivity contribution in [3.8, 4) is 0 Å². The molecule has 0 spiro atoms. The summed E-state index contributed by atoms with van der Waals surface area (Å²) in [6.07, 6.45) is 2.28. The Bertz CT molecular complexity index is 465. The average molecular weight is 289 g/mol. The Labute approximate surface area is 114 Å². The van der Waals surface area contributed by atoms with Gasteiger partial charge in [-0.2, -0.15) is 0 Å². The van der Waals surface area contributed by atoms with Crippen molar-refractivity contribution in [1.29, 1.82) is 0 Å². The molecule has 100 valence electrons. The molecule has 0 saturated carbocycles. The van der Waals surface area contributed by atoms with Crippen molar-refractivity contribution in [2.75, 3.05) is 12.8 Å². The van der Waals surface area contributed by atoms with E-state index in [4.69, 9.17) is 0 Å². The van der Waals surface area contributed by atoms with E-state index >= 15 is 0 Å². The quantitative estimate of drug-likeness (QED) is 0.815. The number of amides is 1. The largest absolute Gasteiger partial charge is 0.352 e. The van der Waals surface area contributed by atoms with Crippen LogP contribution in [0, 0.1) is 5.82 Å². The van der Waals surface area contributed by atoms with E-state index in [1.54, 1.807) is 6.26 Å². The average Bonchev–Trinajstić information content (AvgIpc) is 2.32.